The van der Waals surface area contributed by atoms with Gasteiger partial charge in [-0.05, 0) is 61.4 Å². The van der Waals surface area contributed by atoms with E-state index in [9.17, 15) is 10.1 Å². The number of nitrogens with one attached hydrogen (secondary N) is 1. The molecule has 0 unspecified atom stereocenters. The van der Waals surface area contributed by atoms with E-state index in [1.54, 1.807) is 14.2 Å². The van der Waals surface area contributed by atoms with Gasteiger partial charge in [0, 0.05) is 44.1 Å². The molecule has 3 aromatic rings. The normalized spacial score (nSPS) is 14.3. The van der Waals surface area contributed by atoms with E-state index in [0.717, 1.165) is 61.2 Å². The molecule has 8 nitrogen and oxygen atoms in total. The van der Waals surface area contributed by atoms with Crippen LogP contribution in [0.4, 0.5) is 5.82 Å². The van der Waals surface area contributed by atoms with Crippen molar-refractivity contribution in [1.29, 1.82) is 5.26 Å². The molecule has 1 saturated heterocycles. The van der Waals surface area contributed by atoms with Gasteiger partial charge in [-0.25, -0.2) is 0 Å². The van der Waals surface area contributed by atoms with Gasteiger partial charge in [-0.15, -0.1) is 0 Å². The molecular weight excluding hydrogens is 454 g/mol. The molecule has 0 atom stereocenters. The van der Waals surface area contributed by atoms with Gasteiger partial charge in [-0.3, -0.25) is 19.2 Å². The van der Waals surface area contributed by atoms with Crippen LogP contribution in [0.5, 0.6) is 11.5 Å². The van der Waals surface area contributed by atoms with Crippen LogP contribution in [0.15, 0.2) is 48.5 Å². The zero-order valence-electron chi connectivity index (χ0n) is 21.4. The Kier molecular flexibility index (Phi) is 7.93. The third-order valence-electron chi connectivity index (χ3n) is 6.81. The molecule has 0 saturated carbocycles. The summed E-state index contributed by atoms with van der Waals surface area (Å²) < 4.78 is 12.4. The Balaban J connectivity index is 1.39. The predicted octanol–water partition coefficient (Wildman–Crippen LogP) is 3.74. The molecule has 8 heteroatoms. The van der Waals surface area contributed by atoms with Crippen LogP contribution in [0.1, 0.15) is 22.4 Å². The second-order valence-corrected chi connectivity index (χ2v) is 9.03. The van der Waals surface area contributed by atoms with E-state index >= 15 is 0 Å². The molecule has 1 aromatic heterocycles. The quantitative estimate of drug-likeness (QED) is 0.521. The number of rotatable bonds is 8. The van der Waals surface area contributed by atoms with Crippen LogP contribution < -0.4 is 14.8 Å². The average molecular weight is 488 g/mol. The van der Waals surface area contributed by atoms with Crippen LogP contribution in [0.25, 0.3) is 5.69 Å². The Bertz CT molecular complexity index is 1230. The van der Waals surface area contributed by atoms with Gasteiger partial charge < -0.3 is 14.8 Å². The molecule has 0 aliphatic carbocycles. The number of anilines is 1. The third kappa shape index (κ3) is 5.54. The summed E-state index contributed by atoms with van der Waals surface area (Å²) in [5.74, 6) is 2.00. The minimum absolute atomic E-state index is 0.123. The highest BCUT2D eigenvalue weighted by Gasteiger charge is 2.23. The zero-order valence-corrected chi connectivity index (χ0v) is 21.4. The van der Waals surface area contributed by atoms with Gasteiger partial charge in [0.15, 0.2) is 0 Å². The first-order valence-corrected chi connectivity index (χ1v) is 12.1. The minimum atomic E-state index is -0.123. The summed E-state index contributed by atoms with van der Waals surface area (Å²) in [6.07, 6.45) is 0. The van der Waals surface area contributed by atoms with Gasteiger partial charge in [-0.1, -0.05) is 12.1 Å². The second-order valence-electron chi connectivity index (χ2n) is 9.03. The smallest absolute Gasteiger partial charge is 0.239 e. The maximum Gasteiger partial charge on any atom is 0.239 e. The largest absolute Gasteiger partial charge is 0.497 e. The van der Waals surface area contributed by atoms with Gasteiger partial charge in [0.05, 0.1) is 26.3 Å². The van der Waals surface area contributed by atoms with E-state index in [0.29, 0.717) is 11.4 Å². The Labute approximate surface area is 212 Å². The Morgan fingerprint density at radius 2 is 1.47 bits per heavy atom. The second kappa shape index (κ2) is 11.3. The number of carbonyl (C=O) groups is 1. The van der Waals surface area contributed by atoms with E-state index in [4.69, 9.17) is 9.47 Å². The fourth-order valence-corrected chi connectivity index (χ4v) is 4.58. The van der Waals surface area contributed by atoms with Gasteiger partial charge in [0.25, 0.3) is 0 Å². The van der Waals surface area contributed by atoms with Crippen molar-refractivity contribution >= 4 is 11.7 Å². The molecule has 1 amide bonds. The number of nitrogens with zero attached hydrogens (tertiary/aromatic N) is 4. The van der Waals surface area contributed by atoms with E-state index < -0.39 is 0 Å². The zero-order chi connectivity index (χ0) is 25.7. The number of carbonyl (C=O) groups excluding carboxylic acids is 1. The Morgan fingerprint density at radius 3 is 2.03 bits per heavy atom. The van der Waals surface area contributed by atoms with E-state index in [1.165, 1.54) is 5.56 Å². The standard InChI is InChI=1S/C28H33N5O3/c1-20-21(2)33(23-7-11-25(36-4)12-8-23)28(26(20)17-29)30-27(34)19-32-15-13-31(14-16-32)18-22-5-9-24(35-3)10-6-22/h5-12H,13-16,18-19H2,1-4H3,(H,30,34). The summed E-state index contributed by atoms with van der Waals surface area (Å²) >= 11 is 0. The van der Waals surface area contributed by atoms with Crippen molar-refractivity contribution in [3.8, 4) is 23.3 Å². The number of benzene rings is 2. The van der Waals surface area contributed by atoms with E-state index in [1.807, 2.05) is 54.8 Å². The van der Waals surface area contributed by atoms with Crippen LogP contribution >= 0.6 is 0 Å². The highest BCUT2D eigenvalue weighted by atomic mass is 16.5. The molecule has 188 valence electrons. The number of aromatic nitrogens is 1. The number of hydrogen-bond donors (Lipinski definition) is 1. The van der Waals surface area contributed by atoms with Crippen molar-refractivity contribution < 1.29 is 14.3 Å². The summed E-state index contributed by atoms with van der Waals surface area (Å²) in [6, 6.07) is 18.0. The molecule has 2 heterocycles. The van der Waals surface area contributed by atoms with E-state index in [2.05, 4.69) is 33.3 Å². The topological polar surface area (TPSA) is 82.8 Å². The summed E-state index contributed by atoms with van der Waals surface area (Å²) in [7, 11) is 3.29. The number of ether oxygens (including phenoxy) is 2. The molecule has 36 heavy (non-hydrogen) atoms. The molecular formula is C28H33N5O3. The highest BCUT2D eigenvalue weighted by Crippen LogP contribution is 2.30. The molecule has 4 rings (SSSR count). The minimum Gasteiger partial charge on any atom is -0.497 e. The Morgan fingerprint density at radius 1 is 0.917 bits per heavy atom. The summed E-state index contributed by atoms with van der Waals surface area (Å²) in [6.45, 7) is 8.44. The lowest BCUT2D eigenvalue weighted by atomic mass is 10.2. The molecule has 1 aliphatic rings. The van der Waals surface area contributed by atoms with Crippen LogP contribution in [-0.4, -0.2) is 67.2 Å². The highest BCUT2D eigenvalue weighted by molar-refractivity contribution is 5.93. The lowest BCUT2D eigenvalue weighted by molar-refractivity contribution is -0.117. The monoisotopic (exact) mass is 487 g/mol. The first-order valence-electron chi connectivity index (χ1n) is 12.1. The number of piperazine rings is 1. The molecule has 0 bridgehead atoms. The van der Waals surface area contributed by atoms with Crippen molar-refractivity contribution in [2.45, 2.75) is 20.4 Å². The molecule has 1 aliphatic heterocycles. The van der Waals surface area contributed by atoms with Crippen LogP contribution in [0.3, 0.4) is 0 Å². The van der Waals surface area contributed by atoms with Crippen LogP contribution in [0.2, 0.25) is 0 Å². The van der Waals surface area contributed by atoms with Gasteiger partial charge in [0.1, 0.15) is 23.4 Å². The molecule has 1 N–H and O–H groups in total. The van der Waals surface area contributed by atoms with Crippen molar-refractivity contribution in [3.63, 3.8) is 0 Å². The number of methoxy groups -OCH3 is 2. The van der Waals surface area contributed by atoms with Crippen molar-refractivity contribution in [2.75, 3.05) is 52.3 Å². The number of amides is 1. The lowest BCUT2D eigenvalue weighted by Crippen LogP contribution is -2.48. The van der Waals surface area contributed by atoms with Crippen LogP contribution in [0, 0.1) is 25.2 Å². The molecule has 1 fully saturated rings. The predicted molar refractivity (Wildman–Crippen MR) is 140 cm³/mol. The van der Waals surface area contributed by atoms with Crippen molar-refractivity contribution in [1.82, 2.24) is 14.4 Å². The fourth-order valence-electron chi connectivity index (χ4n) is 4.58. The summed E-state index contributed by atoms with van der Waals surface area (Å²) in [5.41, 5.74) is 4.37. The fraction of sp³-hybridized carbons (Fsp3) is 0.357. The van der Waals surface area contributed by atoms with Crippen molar-refractivity contribution in [2.24, 2.45) is 0 Å². The third-order valence-corrected chi connectivity index (χ3v) is 6.81. The maximum atomic E-state index is 13.1. The lowest BCUT2D eigenvalue weighted by Gasteiger charge is -2.34. The maximum absolute atomic E-state index is 13.1. The van der Waals surface area contributed by atoms with Crippen LogP contribution in [-0.2, 0) is 11.3 Å². The Hall–Kier alpha value is -3.80. The first kappa shape index (κ1) is 25.3. The molecule has 0 spiro atoms. The van der Waals surface area contributed by atoms with Crippen molar-refractivity contribution in [3.05, 3.63) is 70.9 Å². The SMILES string of the molecule is COc1ccc(CN2CCN(CC(=O)Nc3c(C#N)c(C)c(C)n3-c3ccc(OC)cc3)CC2)cc1. The number of hydrogen-bond acceptors (Lipinski definition) is 6. The van der Waals surface area contributed by atoms with Gasteiger partial charge in [0.2, 0.25) is 5.91 Å². The van der Waals surface area contributed by atoms with Gasteiger partial charge in [-0.2, -0.15) is 5.26 Å². The molecule has 2 aromatic carbocycles. The van der Waals surface area contributed by atoms with E-state index in [-0.39, 0.29) is 12.5 Å². The summed E-state index contributed by atoms with van der Waals surface area (Å²) in [5, 5.41) is 12.9. The van der Waals surface area contributed by atoms with Gasteiger partial charge >= 0.3 is 0 Å². The number of nitriles is 1. The molecule has 0 radical (unpaired) electrons. The summed E-state index contributed by atoms with van der Waals surface area (Å²) in [4.78, 5) is 17.6. The first-order chi connectivity index (χ1) is 17.4. The average Bonchev–Trinajstić information content (AvgIpc) is 3.14.